The third kappa shape index (κ3) is 7.85. The fraction of sp³-hybridized carbons (Fsp3) is 0.333. The highest BCUT2D eigenvalue weighted by molar-refractivity contribution is 6.31. The third-order valence-corrected chi connectivity index (χ3v) is 6.32. The van der Waals surface area contributed by atoms with Crippen molar-refractivity contribution in [1.82, 2.24) is 10.2 Å². The Balaban J connectivity index is 1.93. The van der Waals surface area contributed by atoms with Crippen molar-refractivity contribution in [2.45, 2.75) is 46.7 Å². The first-order chi connectivity index (χ1) is 17.2. The van der Waals surface area contributed by atoms with Gasteiger partial charge < -0.3 is 15.0 Å². The van der Waals surface area contributed by atoms with E-state index in [1.165, 1.54) is 0 Å². The predicted molar refractivity (Wildman–Crippen MR) is 145 cm³/mol. The summed E-state index contributed by atoms with van der Waals surface area (Å²) in [6.45, 7) is 8.54. The minimum absolute atomic E-state index is 0.183. The van der Waals surface area contributed by atoms with E-state index in [9.17, 15) is 9.59 Å². The molecule has 190 valence electrons. The Bertz CT molecular complexity index is 1160. The highest BCUT2D eigenvalue weighted by atomic mass is 35.5. The van der Waals surface area contributed by atoms with Crippen LogP contribution in [0.25, 0.3) is 0 Å². The summed E-state index contributed by atoms with van der Waals surface area (Å²) < 4.78 is 5.95. The van der Waals surface area contributed by atoms with Crippen LogP contribution in [0.4, 0.5) is 0 Å². The molecule has 0 heterocycles. The van der Waals surface area contributed by atoms with Crippen LogP contribution < -0.4 is 10.1 Å². The molecule has 3 rings (SSSR count). The number of benzene rings is 3. The van der Waals surface area contributed by atoms with Gasteiger partial charge in [0.1, 0.15) is 11.8 Å². The number of nitrogens with zero attached hydrogens (tertiary/aromatic N) is 1. The molecule has 3 aromatic rings. The van der Waals surface area contributed by atoms with Gasteiger partial charge in [-0.3, -0.25) is 9.59 Å². The molecule has 5 nitrogen and oxygen atoms in total. The van der Waals surface area contributed by atoms with E-state index in [-0.39, 0.29) is 30.9 Å². The second-order valence-corrected chi connectivity index (χ2v) is 9.92. The maximum Gasteiger partial charge on any atom is 0.261 e. The van der Waals surface area contributed by atoms with Gasteiger partial charge in [0, 0.05) is 24.5 Å². The Kier molecular flexibility index (Phi) is 9.95. The number of ether oxygens (including phenoxy) is 1. The van der Waals surface area contributed by atoms with E-state index in [0.717, 1.165) is 22.3 Å². The van der Waals surface area contributed by atoms with Crippen LogP contribution in [0.5, 0.6) is 5.75 Å². The smallest absolute Gasteiger partial charge is 0.261 e. The molecule has 0 fully saturated rings. The van der Waals surface area contributed by atoms with Gasteiger partial charge in [-0.15, -0.1) is 0 Å². The molecule has 0 aliphatic carbocycles. The van der Waals surface area contributed by atoms with Gasteiger partial charge in [0.15, 0.2) is 6.61 Å². The van der Waals surface area contributed by atoms with Crippen molar-refractivity contribution in [3.05, 3.63) is 100 Å². The second-order valence-electron chi connectivity index (χ2n) is 9.52. The van der Waals surface area contributed by atoms with Crippen molar-refractivity contribution in [1.29, 1.82) is 0 Å². The van der Waals surface area contributed by atoms with Crippen molar-refractivity contribution in [2.24, 2.45) is 5.92 Å². The SMILES string of the molecule is Cc1ccc(C)c(OCC(=O)N(Cc2ccccc2Cl)C(Cc2ccccc2)C(=O)NCC(C)C)c1. The Morgan fingerprint density at radius 3 is 2.36 bits per heavy atom. The molecule has 3 aromatic carbocycles. The van der Waals surface area contributed by atoms with Gasteiger partial charge in [0.05, 0.1) is 0 Å². The number of hydrogen-bond acceptors (Lipinski definition) is 3. The van der Waals surface area contributed by atoms with E-state index < -0.39 is 6.04 Å². The van der Waals surface area contributed by atoms with Crippen LogP contribution in [0.15, 0.2) is 72.8 Å². The fourth-order valence-electron chi connectivity index (χ4n) is 3.87. The Labute approximate surface area is 219 Å². The number of halogens is 1. The molecular weight excluding hydrogens is 472 g/mol. The summed E-state index contributed by atoms with van der Waals surface area (Å²) in [5, 5.41) is 3.57. The van der Waals surface area contributed by atoms with Crippen LogP contribution >= 0.6 is 11.6 Å². The quantitative estimate of drug-likeness (QED) is 0.360. The highest BCUT2D eigenvalue weighted by Crippen LogP contribution is 2.22. The summed E-state index contributed by atoms with van der Waals surface area (Å²) in [6, 6.07) is 22.3. The second kappa shape index (κ2) is 13.1. The number of carbonyl (C=O) groups excluding carboxylic acids is 2. The average Bonchev–Trinajstić information content (AvgIpc) is 2.86. The minimum Gasteiger partial charge on any atom is -0.483 e. The molecule has 0 bridgehead atoms. The van der Waals surface area contributed by atoms with E-state index in [1.807, 2.05) is 94.4 Å². The van der Waals surface area contributed by atoms with E-state index in [0.29, 0.717) is 23.7 Å². The molecule has 0 saturated carbocycles. The van der Waals surface area contributed by atoms with Gasteiger partial charge in [0.2, 0.25) is 5.91 Å². The number of rotatable bonds is 11. The fourth-order valence-corrected chi connectivity index (χ4v) is 4.07. The number of carbonyl (C=O) groups is 2. The van der Waals surface area contributed by atoms with Gasteiger partial charge in [-0.25, -0.2) is 0 Å². The zero-order chi connectivity index (χ0) is 26.1. The van der Waals surface area contributed by atoms with Crippen molar-refractivity contribution in [2.75, 3.05) is 13.2 Å². The Hall–Kier alpha value is -3.31. The maximum absolute atomic E-state index is 13.7. The summed E-state index contributed by atoms with van der Waals surface area (Å²) in [5.74, 6) is 0.465. The summed E-state index contributed by atoms with van der Waals surface area (Å²) in [7, 11) is 0. The lowest BCUT2D eigenvalue weighted by Gasteiger charge is -2.32. The summed E-state index contributed by atoms with van der Waals surface area (Å²) in [6.07, 6.45) is 0.379. The van der Waals surface area contributed by atoms with Crippen molar-refractivity contribution in [3.8, 4) is 5.75 Å². The topological polar surface area (TPSA) is 58.6 Å². The van der Waals surface area contributed by atoms with Crippen LogP contribution in [0.1, 0.15) is 36.1 Å². The predicted octanol–water partition coefficient (Wildman–Crippen LogP) is 5.75. The van der Waals surface area contributed by atoms with Crippen molar-refractivity contribution in [3.63, 3.8) is 0 Å². The molecule has 0 aliphatic heterocycles. The molecule has 0 aromatic heterocycles. The van der Waals surface area contributed by atoms with Gasteiger partial charge >= 0.3 is 0 Å². The van der Waals surface area contributed by atoms with Gasteiger partial charge in [-0.05, 0) is 54.2 Å². The van der Waals surface area contributed by atoms with Crippen LogP contribution in [-0.2, 0) is 22.6 Å². The van der Waals surface area contributed by atoms with E-state index >= 15 is 0 Å². The van der Waals surface area contributed by atoms with Crippen molar-refractivity contribution < 1.29 is 14.3 Å². The van der Waals surface area contributed by atoms with E-state index in [1.54, 1.807) is 11.0 Å². The number of nitrogens with one attached hydrogen (secondary N) is 1. The zero-order valence-corrected chi connectivity index (χ0v) is 22.2. The molecule has 1 N–H and O–H groups in total. The first-order valence-electron chi connectivity index (χ1n) is 12.3. The Morgan fingerprint density at radius 2 is 1.67 bits per heavy atom. The molecule has 0 aliphatic rings. The molecule has 2 amide bonds. The summed E-state index contributed by atoms with van der Waals surface area (Å²) >= 11 is 6.46. The van der Waals surface area contributed by atoms with Crippen LogP contribution in [0.2, 0.25) is 5.02 Å². The van der Waals surface area contributed by atoms with Gasteiger partial charge in [-0.2, -0.15) is 0 Å². The Morgan fingerprint density at radius 1 is 0.972 bits per heavy atom. The van der Waals surface area contributed by atoms with E-state index in [2.05, 4.69) is 5.32 Å². The summed E-state index contributed by atoms with van der Waals surface area (Å²) in [4.78, 5) is 28.7. The molecule has 6 heteroatoms. The van der Waals surface area contributed by atoms with E-state index in [4.69, 9.17) is 16.3 Å². The molecule has 0 spiro atoms. The monoisotopic (exact) mass is 506 g/mol. The zero-order valence-electron chi connectivity index (χ0n) is 21.5. The summed E-state index contributed by atoms with van der Waals surface area (Å²) in [5.41, 5.74) is 3.73. The third-order valence-electron chi connectivity index (χ3n) is 5.95. The number of amides is 2. The lowest BCUT2D eigenvalue weighted by atomic mass is 10.0. The lowest BCUT2D eigenvalue weighted by Crippen LogP contribution is -2.52. The van der Waals surface area contributed by atoms with Crippen LogP contribution in [0.3, 0.4) is 0 Å². The molecule has 1 unspecified atom stereocenters. The van der Waals surface area contributed by atoms with Gasteiger partial charge in [-0.1, -0.05) is 86.1 Å². The maximum atomic E-state index is 13.7. The van der Waals surface area contributed by atoms with Crippen LogP contribution in [-0.4, -0.2) is 35.9 Å². The average molecular weight is 507 g/mol. The first kappa shape index (κ1) is 27.3. The van der Waals surface area contributed by atoms with Crippen molar-refractivity contribution >= 4 is 23.4 Å². The lowest BCUT2D eigenvalue weighted by molar-refractivity contribution is -0.142. The standard InChI is InChI=1S/C30H35ClN2O3/c1-21(2)18-32-30(35)27(17-24-10-6-5-7-11-24)33(19-25-12-8-9-13-26(25)31)29(34)20-36-28-16-22(3)14-15-23(28)4/h5-16,21,27H,17-20H2,1-4H3,(H,32,35). The molecule has 36 heavy (non-hydrogen) atoms. The number of aryl methyl sites for hydroxylation is 2. The van der Waals surface area contributed by atoms with Crippen LogP contribution in [0, 0.1) is 19.8 Å². The molecule has 0 saturated heterocycles. The largest absolute Gasteiger partial charge is 0.483 e. The molecule has 0 radical (unpaired) electrons. The van der Waals surface area contributed by atoms with Gasteiger partial charge in [0.25, 0.3) is 5.91 Å². The molecule has 1 atom stereocenters. The number of hydrogen-bond donors (Lipinski definition) is 1. The molecular formula is C30H35ClN2O3. The first-order valence-corrected chi connectivity index (χ1v) is 12.7. The minimum atomic E-state index is -0.725. The normalized spacial score (nSPS) is 11.7. The highest BCUT2D eigenvalue weighted by Gasteiger charge is 2.31.